The quantitative estimate of drug-likeness (QED) is 0.558. The Morgan fingerprint density at radius 1 is 1.27 bits per heavy atom. The maximum atomic E-state index is 10.8. The smallest absolute Gasteiger partial charge is 0.330 e. The molecule has 0 amide bonds. The van der Waals surface area contributed by atoms with E-state index < -0.39 is 0 Å². The third kappa shape index (κ3) is 3.85. The zero-order valence-electron chi connectivity index (χ0n) is 8.90. The van der Waals surface area contributed by atoms with E-state index in [-0.39, 0.29) is 5.97 Å². The van der Waals surface area contributed by atoms with Crippen molar-refractivity contribution in [1.29, 1.82) is 0 Å². The SMILES string of the molecule is COC(=O)C=CCc1ccc(OC)cc1. The van der Waals surface area contributed by atoms with Crippen molar-refractivity contribution in [3.63, 3.8) is 0 Å². The van der Waals surface area contributed by atoms with Crippen molar-refractivity contribution >= 4 is 5.97 Å². The molecule has 0 spiro atoms. The van der Waals surface area contributed by atoms with E-state index in [4.69, 9.17) is 4.74 Å². The molecule has 0 N–H and O–H groups in total. The number of ether oxygens (including phenoxy) is 2. The number of allylic oxidation sites excluding steroid dienone is 1. The van der Waals surface area contributed by atoms with Crippen molar-refractivity contribution in [1.82, 2.24) is 0 Å². The molecule has 15 heavy (non-hydrogen) atoms. The lowest BCUT2D eigenvalue weighted by Crippen LogP contribution is -1.94. The first-order valence-corrected chi connectivity index (χ1v) is 4.63. The first-order valence-electron chi connectivity index (χ1n) is 4.63. The molecule has 0 aromatic heterocycles. The molecule has 0 atom stereocenters. The lowest BCUT2D eigenvalue weighted by molar-refractivity contribution is -0.134. The molecule has 0 radical (unpaired) electrons. The van der Waals surface area contributed by atoms with Gasteiger partial charge in [0, 0.05) is 6.08 Å². The highest BCUT2D eigenvalue weighted by Gasteiger charge is 1.93. The van der Waals surface area contributed by atoms with E-state index in [1.807, 2.05) is 24.3 Å². The number of hydrogen-bond acceptors (Lipinski definition) is 3. The summed E-state index contributed by atoms with van der Waals surface area (Å²) >= 11 is 0. The van der Waals surface area contributed by atoms with Gasteiger partial charge in [-0.2, -0.15) is 0 Å². The van der Waals surface area contributed by atoms with Crippen LogP contribution in [-0.4, -0.2) is 20.2 Å². The molecule has 0 saturated heterocycles. The van der Waals surface area contributed by atoms with Crippen LogP contribution < -0.4 is 4.74 Å². The molecule has 0 saturated carbocycles. The van der Waals surface area contributed by atoms with Gasteiger partial charge >= 0.3 is 5.97 Å². The molecule has 1 aromatic carbocycles. The molecule has 3 nitrogen and oxygen atoms in total. The second-order valence-corrected chi connectivity index (χ2v) is 2.98. The minimum absolute atomic E-state index is 0.330. The van der Waals surface area contributed by atoms with Gasteiger partial charge in [0.15, 0.2) is 0 Å². The molecule has 0 aliphatic heterocycles. The van der Waals surface area contributed by atoms with E-state index >= 15 is 0 Å². The third-order valence-electron chi connectivity index (χ3n) is 1.97. The highest BCUT2D eigenvalue weighted by atomic mass is 16.5. The van der Waals surface area contributed by atoms with Gasteiger partial charge in [-0.05, 0) is 24.1 Å². The molecule has 0 aliphatic rings. The maximum absolute atomic E-state index is 10.8. The molecule has 0 unspecified atom stereocenters. The number of rotatable bonds is 4. The molecule has 1 rings (SSSR count). The van der Waals surface area contributed by atoms with Gasteiger partial charge in [-0.3, -0.25) is 0 Å². The standard InChI is InChI=1S/C12H14O3/c1-14-11-8-6-10(7-9-11)4-3-5-12(13)15-2/h3,5-9H,4H2,1-2H3. The van der Waals surface area contributed by atoms with Crippen LogP contribution in [0.25, 0.3) is 0 Å². The van der Waals surface area contributed by atoms with Gasteiger partial charge in [0.25, 0.3) is 0 Å². The summed E-state index contributed by atoms with van der Waals surface area (Å²) in [5, 5.41) is 0. The van der Waals surface area contributed by atoms with Gasteiger partial charge in [0.05, 0.1) is 14.2 Å². The van der Waals surface area contributed by atoms with Crippen molar-refractivity contribution < 1.29 is 14.3 Å². The normalized spacial score (nSPS) is 10.3. The zero-order valence-corrected chi connectivity index (χ0v) is 8.90. The zero-order chi connectivity index (χ0) is 11.1. The Morgan fingerprint density at radius 3 is 2.47 bits per heavy atom. The van der Waals surface area contributed by atoms with Crippen molar-refractivity contribution in [3.8, 4) is 5.75 Å². The first-order chi connectivity index (χ1) is 7.26. The topological polar surface area (TPSA) is 35.5 Å². The minimum Gasteiger partial charge on any atom is -0.497 e. The van der Waals surface area contributed by atoms with Crippen molar-refractivity contribution in [2.24, 2.45) is 0 Å². The fourth-order valence-electron chi connectivity index (χ4n) is 1.12. The van der Waals surface area contributed by atoms with Gasteiger partial charge in [-0.1, -0.05) is 18.2 Å². The summed E-state index contributed by atoms with van der Waals surface area (Å²) in [4.78, 5) is 10.8. The Morgan fingerprint density at radius 2 is 1.93 bits per heavy atom. The van der Waals surface area contributed by atoms with Gasteiger partial charge < -0.3 is 9.47 Å². The number of esters is 1. The molecule has 1 aromatic rings. The average molecular weight is 206 g/mol. The number of methoxy groups -OCH3 is 2. The van der Waals surface area contributed by atoms with Gasteiger partial charge in [0.1, 0.15) is 5.75 Å². The summed E-state index contributed by atoms with van der Waals surface area (Å²) in [7, 11) is 2.99. The summed E-state index contributed by atoms with van der Waals surface area (Å²) in [6.07, 6.45) is 3.90. The lowest BCUT2D eigenvalue weighted by Gasteiger charge is -2.00. The highest BCUT2D eigenvalue weighted by molar-refractivity contribution is 5.81. The predicted molar refractivity (Wildman–Crippen MR) is 57.9 cm³/mol. The van der Waals surface area contributed by atoms with E-state index in [0.717, 1.165) is 11.3 Å². The Hall–Kier alpha value is -1.77. The van der Waals surface area contributed by atoms with E-state index in [2.05, 4.69) is 4.74 Å². The Kier molecular flexibility index (Phi) is 4.41. The summed E-state index contributed by atoms with van der Waals surface area (Å²) in [5.74, 6) is 0.499. The predicted octanol–water partition coefficient (Wildman–Crippen LogP) is 1.97. The van der Waals surface area contributed by atoms with Crippen LogP contribution >= 0.6 is 0 Å². The van der Waals surface area contributed by atoms with Crippen LogP contribution in [0, 0.1) is 0 Å². The van der Waals surface area contributed by atoms with Crippen LogP contribution in [0.1, 0.15) is 5.56 Å². The van der Waals surface area contributed by atoms with Gasteiger partial charge in [-0.25, -0.2) is 4.79 Å². The van der Waals surface area contributed by atoms with Crippen LogP contribution in [0.5, 0.6) is 5.75 Å². The van der Waals surface area contributed by atoms with E-state index in [0.29, 0.717) is 6.42 Å². The number of hydrogen-bond donors (Lipinski definition) is 0. The Labute approximate surface area is 89.3 Å². The van der Waals surface area contributed by atoms with E-state index in [1.165, 1.54) is 13.2 Å². The molecule has 0 heterocycles. The minimum atomic E-state index is -0.330. The van der Waals surface area contributed by atoms with Gasteiger partial charge in [-0.15, -0.1) is 0 Å². The summed E-state index contributed by atoms with van der Waals surface area (Å²) in [5.41, 5.74) is 1.12. The van der Waals surface area contributed by atoms with Gasteiger partial charge in [0.2, 0.25) is 0 Å². The average Bonchev–Trinajstić information content (AvgIpc) is 2.29. The lowest BCUT2D eigenvalue weighted by atomic mass is 10.1. The van der Waals surface area contributed by atoms with Crippen LogP contribution in [0.15, 0.2) is 36.4 Å². The van der Waals surface area contributed by atoms with Crippen LogP contribution in [0.3, 0.4) is 0 Å². The maximum Gasteiger partial charge on any atom is 0.330 e. The molecule has 0 bridgehead atoms. The van der Waals surface area contributed by atoms with Crippen molar-refractivity contribution in [2.75, 3.05) is 14.2 Å². The second kappa shape index (κ2) is 5.86. The molecule has 0 aliphatic carbocycles. The number of benzene rings is 1. The molecule has 80 valence electrons. The van der Waals surface area contributed by atoms with Crippen LogP contribution in [-0.2, 0) is 16.0 Å². The largest absolute Gasteiger partial charge is 0.497 e. The highest BCUT2D eigenvalue weighted by Crippen LogP contribution is 2.11. The fraction of sp³-hybridized carbons (Fsp3) is 0.250. The first kappa shape index (κ1) is 11.3. The second-order valence-electron chi connectivity index (χ2n) is 2.98. The van der Waals surface area contributed by atoms with E-state index in [1.54, 1.807) is 13.2 Å². The Bertz CT molecular complexity index is 338. The molecular formula is C12H14O3. The summed E-state index contributed by atoms with van der Waals surface area (Å²) in [6, 6.07) is 7.70. The molecule has 3 heteroatoms. The monoisotopic (exact) mass is 206 g/mol. The molecule has 0 fully saturated rings. The number of carbonyl (C=O) groups excluding carboxylic acids is 1. The van der Waals surface area contributed by atoms with Crippen LogP contribution in [0.4, 0.5) is 0 Å². The van der Waals surface area contributed by atoms with E-state index in [9.17, 15) is 4.79 Å². The van der Waals surface area contributed by atoms with Crippen molar-refractivity contribution in [2.45, 2.75) is 6.42 Å². The fourth-order valence-corrected chi connectivity index (χ4v) is 1.12. The van der Waals surface area contributed by atoms with Crippen molar-refractivity contribution in [3.05, 3.63) is 42.0 Å². The Balaban J connectivity index is 2.51. The molecular weight excluding hydrogens is 192 g/mol. The third-order valence-corrected chi connectivity index (χ3v) is 1.97. The summed E-state index contributed by atoms with van der Waals surface area (Å²) < 4.78 is 9.52. The van der Waals surface area contributed by atoms with Crippen LogP contribution in [0.2, 0.25) is 0 Å². The number of carbonyl (C=O) groups is 1. The summed E-state index contributed by atoms with van der Waals surface area (Å²) in [6.45, 7) is 0.